The van der Waals surface area contributed by atoms with Crippen LogP contribution in [-0.2, 0) is 14.3 Å². The van der Waals surface area contributed by atoms with Gasteiger partial charge >= 0.3 is 0 Å². The van der Waals surface area contributed by atoms with Gasteiger partial charge in [0.1, 0.15) is 0 Å². The summed E-state index contributed by atoms with van der Waals surface area (Å²) in [6.07, 6.45) is 4.74. The van der Waals surface area contributed by atoms with Crippen LogP contribution in [0, 0.1) is 5.92 Å². The maximum Gasteiger partial charge on any atom is 0.225 e. The maximum atomic E-state index is 12.1. The smallest absolute Gasteiger partial charge is 0.225 e. The van der Waals surface area contributed by atoms with Gasteiger partial charge in [0.2, 0.25) is 11.8 Å². The van der Waals surface area contributed by atoms with Gasteiger partial charge in [0, 0.05) is 32.7 Å². The highest BCUT2D eigenvalue weighted by Crippen LogP contribution is 2.29. The minimum absolute atomic E-state index is 0.0755. The molecule has 1 aliphatic carbocycles. The van der Waals surface area contributed by atoms with E-state index in [1.807, 2.05) is 4.90 Å². The van der Waals surface area contributed by atoms with Crippen molar-refractivity contribution in [3.63, 3.8) is 0 Å². The number of nitrogens with zero attached hydrogens (tertiary/aromatic N) is 1. The number of ether oxygens (including phenoxy) is 1. The highest BCUT2D eigenvalue weighted by Gasteiger charge is 2.38. The Kier molecular flexibility index (Phi) is 5.99. The monoisotopic (exact) mass is 298 g/mol. The van der Waals surface area contributed by atoms with Crippen LogP contribution in [0.2, 0.25) is 0 Å². The van der Waals surface area contributed by atoms with Crippen molar-refractivity contribution in [2.24, 2.45) is 5.92 Å². The molecule has 1 saturated carbocycles. The number of methoxy groups -OCH3 is 1. The number of rotatable bonds is 7. The number of hydrogen-bond acceptors (Lipinski definition) is 4. The van der Waals surface area contributed by atoms with E-state index < -0.39 is 6.10 Å². The fourth-order valence-electron chi connectivity index (χ4n) is 3.26. The molecule has 0 aromatic carbocycles. The Bertz CT molecular complexity index is 369. The summed E-state index contributed by atoms with van der Waals surface area (Å²) in [5.74, 6) is -0.201. The van der Waals surface area contributed by atoms with Crippen molar-refractivity contribution in [2.75, 3.05) is 26.8 Å². The summed E-state index contributed by atoms with van der Waals surface area (Å²) in [6.45, 7) is 1.24. The van der Waals surface area contributed by atoms with Gasteiger partial charge in [-0.05, 0) is 19.3 Å². The molecule has 0 bridgehead atoms. The molecular formula is C15H26N2O4. The van der Waals surface area contributed by atoms with Gasteiger partial charge in [-0.15, -0.1) is 0 Å². The van der Waals surface area contributed by atoms with Crippen LogP contribution in [0.3, 0.4) is 0 Å². The van der Waals surface area contributed by atoms with Gasteiger partial charge in [-0.2, -0.15) is 0 Å². The number of hydrogen-bond donors (Lipinski definition) is 2. The van der Waals surface area contributed by atoms with Gasteiger partial charge in [0.05, 0.1) is 18.6 Å². The van der Waals surface area contributed by atoms with E-state index in [-0.39, 0.29) is 24.3 Å². The van der Waals surface area contributed by atoms with E-state index in [1.54, 1.807) is 0 Å². The number of carbonyl (C=O) groups is 2. The largest absolute Gasteiger partial charge is 0.391 e. The number of likely N-dealkylation sites (tertiary alicyclic amines) is 1. The summed E-state index contributed by atoms with van der Waals surface area (Å²) in [7, 11) is 1.53. The van der Waals surface area contributed by atoms with Crippen LogP contribution in [0.15, 0.2) is 0 Å². The van der Waals surface area contributed by atoms with Crippen LogP contribution in [0.5, 0.6) is 0 Å². The first-order valence-corrected chi connectivity index (χ1v) is 7.86. The van der Waals surface area contributed by atoms with Crippen LogP contribution in [0.1, 0.15) is 38.5 Å². The molecule has 2 unspecified atom stereocenters. The lowest BCUT2D eigenvalue weighted by molar-refractivity contribution is -0.130. The zero-order chi connectivity index (χ0) is 15.2. The molecule has 0 aromatic rings. The highest BCUT2D eigenvalue weighted by atomic mass is 16.5. The Balaban J connectivity index is 1.72. The zero-order valence-corrected chi connectivity index (χ0v) is 12.7. The summed E-state index contributed by atoms with van der Waals surface area (Å²) in [6, 6.07) is 0.346. The van der Waals surface area contributed by atoms with Gasteiger partial charge < -0.3 is 20.1 Å². The van der Waals surface area contributed by atoms with Crippen molar-refractivity contribution in [2.45, 2.75) is 50.7 Å². The summed E-state index contributed by atoms with van der Waals surface area (Å²) < 4.78 is 4.83. The first kappa shape index (κ1) is 16.2. The Labute approximate surface area is 125 Å². The van der Waals surface area contributed by atoms with Crippen LogP contribution in [0.4, 0.5) is 0 Å². The van der Waals surface area contributed by atoms with Gasteiger partial charge in [-0.1, -0.05) is 12.8 Å². The van der Waals surface area contributed by atoms with Crippen molar-refractivity contribution >= 4 is 11.8 Å². The van der Waals surface area contributed by atoms with Crippen LogP contribution >= 0.6 is 0 Å². The van der Waals surface area contributed by atoms with Gasteiger partial charge in [-0.25, -0.2) is 0 Å². The number of amides is 2. The molecule has 2 rings (SSSR count). The molecule has 2 atom stereocenters. The van der Waals surface area contributed by atoms with Crippen molar-refractivity contribution in [1.29, 1.82) is 0 Å². The van der Waals surface area contributed by atoms with E-state index in [2.05, 4.69) is 5.32 Å². The maximum absolute atomic E-state index is 12.1. The second-order valence-corrected chi connectivity index (χ2v) is 6.07. The third kappa shape index (κ3) is 4.41. The summed E-state index contributed by atoms with van der Waals surface area (Å²) in [4.78, 5) is 26.0. The van der Waals surface area contributed by atoms with Gasteiger partial charge in [0.15, 0.2) is 0 Å². The SMILES string of the molecule is COCC(O)CCNC(=O)C1CC(=O)N(C2CCCC2)C1. The molecule has 1 heterocycles. The molecule has 1 aliphatic heterocycles. The predicted octanol–water partition coefficient (Wildman–Crippen LogP) is 0.291. The zero-order valence-electron chi connectivity index (χ0n) is 12.7. The lowest BCUT2D eigenvalue weighted by Crippen LogP contribution is -2.37. The normalized spacial score (nSPS) is 24.6. The molecule has 2 N–H and O–H groups in total. The average Bonchev–Trinajstić information content (AvgIpc) is 3.07. The number of aliphatic hydroxyl groups excluding tert-OH is 1. The number of aliphatic hydroxyl groups is 1. The van der Waals surface area contributed by atoms with E-state index in [4.69, 9.17) is 4.74 Å². The summed E-state index contributed by atoms with van der Waals surface area (Å²) in [5, 5.41) is 12.3. The van der Waals surface area contributed by atoms with Gasteiger partial charge in [0.25, 0.3) is 0 Å². The second kappa shape index (κ2) is 7.75. The van der Waals surface area contributed by atoms with Crippen molar-refractivity contribution in [3.05, 3.63) is 0 Å². The topological polar surface area (TPSA) is 78.9 Å². The Morgan fingerprint density at radius 3 is 2.86 bits per heavy atom. The fraction of sp³-hybridized carbons (Fsp3) is 0.867. The third-order valence-electron chi connectivity index (χ3n) is 4.43. The quantitative estimate of drug-likeness (QED) is 0.708. The van der Waals surface area contributed by atoms with Gasteiger partial charge in [-0.3, -0.25) is 9.59 Å². The molecule has 2 fully saturated rings. The average molecular weight is 298 g/mol. The third-order valence-corrected chi connectivity index (χ3v) is 4.43. The molecular weight excluding hydrogens is 272 g/mol. The lowest BCUT2D eigenvalue weighted by Gasteiger charge is -2.23. The van der Waals surface area contributed by atoms with Crippen LogP contribution < -0.4 is 5.32 Å². The molecule has 6 nitrogen and oxygen atoms in total. The van der Waals surface area contributed by atoms with Crippen molar-refractivity contribution in [1.82, 2.24) is 10.2 Å². The van der Waals surface area contributed by atoms with E-state index in [9.17, 15) is 14.7 Å². The van der Waals surface area contributed by atoms with E-state index in [1.165, 1.54) is 20.0 Å². The molecule has 1 saturated heterocycles. The number of carbonyl (C=O) groups excluding carboxylic acids is 2. The standard InChI is InChI=1S/C15H26N2O4/c1-21-10-13(18)6-7-16-15(20)11-8-14(19)17(9-11)12-4-2-3-5-12/h11-13,18H,2-10H2,1H3,(H,16,20). The number of nitrogens with one attached hydrogen (secondary N) is 1. The van der Waals surface area contributed by atoms with E-state index in [0.717, 1.165) is 12.8 Å². The molecule has 0 radical (unpaired) electrons. The first-order valence-electron chi connectivity index (χ1n) is 7.86. The summed E-state index contributed by atoms with van der Waals surface area (Å²) in [5.41, 5.74) is 0. The molecule has 120 valence electrons. The molecule has 21 heavy (non-hydrogen) atoms. The molecule has 6 heteroatoms. The second-order valence-electron chi connectivity index (χ2n) is 6.07. The minimum Gasteiger partial charge on any atom is -0.391 e. The fourth-order valence-corrected chi connectivity index (χ4v) is 3.26. The van der Waals surface area contributed by atoms with Crippen molar-refractivity contribution in [3.8, 4) is 0 Å². The van der Waals surface area contributed by atoms with E-state index in [0.29, 0.717) is 32.0 Å². The van der Waals surface area contributed by atoms with E-state index >= 15 is 0 Å². The Morgan fingerprint density at radius 2 is 2.19 bits per heavy atom. The predicted molar refractivity (Wildman–Crippen MR) is 77.6 cm³/mol. The molecule has 2 aliphatic rings. The summed E-state index contributed by atoms with van der Waals surface area (Å²) >= 11 is 0. The highest BCUT2D eigenvalue weighted by molar-refractivity contribution is 5.89. The Hall–Kier alpha value is -1.14. The lowest BCUT2D eigenvalue weighted by atomic mass is 10.1. The first-order chi connectivity index (χ1) is 10.1. The molecule has 2 amide bonds. The van der Waals surface area contributed by atoms with Crippen LogP contribution in [-0.4, -0.2) is 60.8 Å². The molecule has 0 spiro atoms. The molecule has 0 aromatic heterocycles. The van der Waals surface area contributed by atoms with Crippen LogP contribution in [0.25, 0.3) is 0 Å². The van der Waals surface area contributed by atoms with Crippen molar-refractivity contribution < 1.29 is 19.4 Å². The Morgan fingerprint density at radius 1 is 1.48 bits per heavy atom. The minimum atomic E-state index is -0.560.